The number of H-pyrrole nitrogens is 1. The van der Waals surface area contributed by atoms with Crippen LogP contribution >= 0.6 is 0 Å². The minimum Gasteiger partial charge on any atom is -0.357 e. The van der Waals surface area contributed by atoms with E-state index in [0.717, 1.165) is 33.3 Å². The lowest BCUT2D eigenvalue weighted by Gasteiger charge is -2.10. The molecule has 1 aromatic heterocycles. The summed E-state index contributed by atoms with van der Waals surface area (Å²) in [7, 11) is -3.68. The van der Waals surface area contributed by atoms with Gasteiger partial charge in [-0.1, -0.05) is 54.6 Å². The summed E-state index contributed by atoms with van der Waals surface area (Å²) in [6.07, 6.45) is 0. The van der Waals surface area contributed by atoms with Crippen molar-refractivity contribution < 1.29 is 8.42 Å². The molecule has 27 heavy (non-hydrogen) atoms. The molecule has 5 heteroatoms. The fraction of sp³-hybridized carbons (Fsp3) is 0.0909. The number of rotatable bonds is 4. The van der Waals surface area contributed by atoms with Gasteiger partial charge in [-0.25, -0.2) is 8.42 Å². The first-order valence-corrected chi connectivity index (χ1v) is 10.2. The summed E-state index contributed by atoms with van der Waals surface area (Å²) in [6, 6.07) is 22.4. The van der Waals surface area contributed by atoms with E-state index in [2.05, 4.69) is 9.71 Å². The van der Waals surface area contributed by atoms with Gasteiger partial charge in [0.1, 0.15) is 0 Å². The van der Waals surface area contributed by atoms with Crippen LogP contribution in [0.5, 0.6) is 0 Å². The summed E-state index contributed by atoms with van der Waals surface area (Å²) >= 11 is 0. The number of aryl methyl sites for hydroxylation is 2. The number of para-hydroxylation sites is 1. The smallest absolute Gasteiger partial charge is 0.261 e. The molecule has 0 atom stereocenters. The van der Waals surface area contributed by atoms with Crippen LogP contribution in [-0.2, 0) is 10.0 Å². The predicted octanol–water partition coefficient (Wildman–Crippen LogP) is 5.25. The van der Waals surface area contributed by atoms with Crippen molar-refractivity contribution in [3.63, 3.8) is 0 Å². The molecule has 0 bridgehead atoms. The zero-order chi connectivity index (χ0) is 19.0. The van der Waals surface area contributed by atoms with Gasteiger partial charge in [-0.3, -0.25) is 4.72 Å². The van der Waals surface area contributed by atoms with Crippen molar-refractivity contribution in [2.45, 2.75) is 18.7 Å². The van der Waals surface area contributed by atoms with E-state index in [4.69, 9.17) is 0 Å². The highest BCUT2D eigenvalue weighted by molar-refractivity contribution is 7.92. The third-order valence-corrected chi connectivity index (χ3v) is 6.24. The number of benzene rings is 3. The predicted molar refractivity (Wildman–Crippen MR) is 110 cm³/mol. The van der Waals surface area contributed by atoms with Crippen LogP contribution in [-0.4, -0.2) is 13.4 Å². The Morgan fingerprint density at radius 3 is 2.15 bits per heavy atom. The monoisotopic (exact) mass is 376 g/mol. The van der Waals surface area contributed by atoms with Gasteiger partial charge in [0.15, 0.2) is 0 Å². The Morgan fingerprint density at radius 1 is 0.778 bits per heavy atom. The molecule has 4 rings (SSSR count). The molecule has 136 valence electrons. The third-order valence-electron chi connectivity index (χ3n) is 4.86. The number of nitrogens with one attached hydrogen (secondary N) is 2. The molecule has 2 N–H and O–H groups in total. The molecule has 4 nitrogen and oxygen atoms in total. The van der Waals surface area contributed by atoms with Gasteiger partial charge < -0.3 is 4.98 Å². The molecule has 0 spiro atoms. The standard InChI is InChI=1S/C22H20N2O2S/c1-15-16(2)23-22-20(15)9-6-10-21(22)24-27(25,26)19-13-11-18(12-14-19)17-7-4-3-5-8-17/h3-14,23-24H,1-2H3. The lowest BCUT2D eigenvalue weighted by atomic mass is 10.1. The van der Waals surface area contributed by atoms with Gasteiger partial charge in [0, 0.05) is 11.1 Å². The molecule has 0 aliphatic carbocycles. The van der Waals surface area contributed by atoms with Crippen LogP contribution in [0.4, 0.5) is 5.69 Å². The number of aromatic amines is 1. The van der Waals surface area contributed by atoms with Gasteiger partial charge in [0.05, 0.1) is 16.1 Å². The van der Waals surface area contributed by atoms with Crippen molar-refractivity contribution in [1.29, 1.82) is 0 Å². The molecular weight excluding hydrogens is 356 g/mol. The Labute approximate surface area is 158 Å². The van der Waals surface area contributed by atoms with Crippen LogP contribution < -0.4 is 4.72 Å². The first-order valence-electron chi connectivity index (χ1n) is 8.72. The summed E-state index contributed by atoms with van der Waals surface area (Å²) in [5.41, 5.74) is 5.54. The summed E-state index contributed by atoms with van der Waals surface area (Å²) in [4.78, 5) is 3.51. The molecule has 3 aromatic carbocycles. The van der Waals surface area contributed by atoms with E-state index < -0.39 is 10.0 Å². The van der Waals surface area contributed by atoms with E-state index in [-0.39, 0.29) is 4.90 Å². The number of sulfonamides is 1. The maximum Gasteiger partial charge on any atom is 0.261 e. The number of hydrogen-bond acceptors (Lipinski definition) is 2. The second kappa shape index (κ2) is 6.59. The average molecular weight is 376 g/mol. The van der Waals surface area contributed by atoms with E-state index in [1.165, 1.54) is 0 Å². The normalized spacial score (nSPS) is 11.6. The summed E-state index contributed by atoms with van der Waals surface area (Å²) in [6.45, 7) is 4.00. The summed E-state index contributed by atoms with van der Waals surface area (Å²) < 4.78 is 28.4. The number of hydrogen-bond donors (Lipinski definition) is 2. The van der Waals surface area contributed by atoms with Gasteiger partial charge in [-0.05, 0) is 48.7 Å². The van der Waals surface area contributed by atoms with E-state index in [1.54, 1.807) is 18.2 Å². The lowest BCUT2D eigenvalue weighted by molar-refractivity contribution is 0.601. The number of anilines is 1. The number of fused-ring (bicyclic) bond motifs is 1. The highest BCUT2D eigenvalue weighted by Gasteiger charge is 2.17. The second-order valence-electron chi connectivity index (χ2n) is 6.60. The zero-order valence-electron chi connectivity index (χ0n) is 15.2. The quantitative estimate of drug-likeness (QED) is 0.511. The Balaban J connectivity index is 1.67. The molecule has 0 fully saturated rings. The van der Waals surface area contributed by atoms with E-state index in [1.807, 2.05) is 68.4 Å². The minimum atomic E-state index is -3.68. The largest absolute Gasteiger partial charge is 0.357 e. The van der Waals surface area contributed by atoms with Crippen molar-refractivity contribution in [1.82, 2.24) is 4.98 Å². The van der Waals surface area contributed by atoms with E-state index >= 15 is 0 Å². The van der Waals surface area contributed by atoms with Gasteiger partial charge in [0.2, 0.25) is 0 Å². The second-order valence-corrected chi connectivity index (χ2v) is 8.28. The minimum absolute atomic E-state index is 0.235. The third kappa shape index (κ3) is 3.22. The first-order chi connectivity index (χ1) is 13.0. The molecule has 0 saturated heterocycles. The van der Waals surface area contributed by atoms with Gasteiger partial charge in [0.25, 0.3) is 10.0 Å². The van der Waals surface area contributed by atoms with Crippen molar-refractivity contribution in [3.05, 3.63) is 84.1 Å². The highest BCUT2D eigenvalue weighted by Crippen LogP contribution is 2.29. The highest BCUT2D eigenvalue weighted by atomic mass is 32.2. The lowest BCUT2D eigenvalue weighted by Crippen LogP contribution is -2.13. The Morgan fingerprint density at radius 2 is 1.44 bits per heavy atom. The molecular formula is C22H20N2O2S. The number of aromatic nitrogens is 1. The van der Waals surface area contributed by atoms with Crippen LogP contribution in [0, 0.1) is 13.8 Å². The molecule has 0 aliphatic heterocycles. The Kier molecular flexibility index (Phi) is 4.24. The summed E-state index contributed by atoms with van der Waals surface area (Å²) in [5.74, 6) is 0. The molecule has 0 unspecified atom stereocenters. The van der Waals surface area contributed by atoms with Crippen molar-refractivity contribution in [2.24, 2.45) is 0 Å². The van der Waals surface area contributed by atoms with Crippen LogP contribution in [0.3, 0.4) is 0 Å². The fourth-order valence-electron chi connectivity index (χ4n) is 3.23. The van der Waals surface area contributed by atoms with Crippen LogP contribution in [0.25, 0.3) is 22.0 Å². The van der Waals surface area contributed by atoms with E-state index in [0.29, 0.717) is 5.69 Å². The molecule has 0 saturated carbocycles. The molecule has 1 heterocycles. The van der Waals surface area contributed by atoms with Crippen LogP contribution in [0.1, 0.15) is 11.3 Å². The SMILES string of the molecule is Cc1[nH]c2c(NS(=O)(=O)c3ccc(-c4ccccc4)cc3)cccc2c1C. The summed E-state index contributed by atoms with van der Waals surface area (Å²) in [5, 5.41) is 1.02. The molecule has 0 amide bonds. The van der Waals surface area contributed by atoms with Crippen LogP contribution in [0.2, 0.25) is 0 Å². The maximum atomic E-state index is 12.9. The van der Waals surface area contributed by atoms with Gasteiger partial charge >= 0.3 is 0 Å². The fourth-order valence-corrected chi connectivity index (χ4v) is 4.30. The molecule has 0 radical (unpaired) electrons. The average Bonchev–Trinajstić information content (AvgIpc) is 2.98. The van der Waals surface area contributed by atoms with Gasteiger partial charge in [-0.15, -0.1) is 0 Å². The first kappa shape index (κ1) is 17.4. The molecule has 0 aliphatic rings. The van der Waals surface area contributed by atoms with E-state index in [9.17, 15) is 8.42 Å². The maximum absolute atomic E-state index is 12.9. The zero-order valence-corrected chi connectivity index (χ0v) is 16.0. The van der Waals surface area contributed by atoms with Crippen molar-refractivity contribution in [3.8, 4) is 11.1 Å². The van der Waals surface area contributed by atoms with Crippen molar-refractivity contribution >= 4 is 26.6 Å². The Bertz CT molecular complexity index is 1210. The topological polar surface area (TPSA) is 62.0 Å². The van der Waals surface area contributed by atoms with Crippen LogP contribution in [0.15, 0.2) is 77.7 Å². The van der Waals surface area contributed by atoms with Crippen molar-refractivity contribution in [2.75, 3.05) is 4.72 Å². The van der Waals surface area contributed by atoms with Gasteiger partial charge in [-0.2, -0.15) is 0 Å². The molecule has 4 aromatic rings. The Hall–Kier alpha value is -3.05.